The maximum atomic E-state index is 12.7. The first-order valence-electron chi connectivity index (χ1n) is 9.14. The number of hydrazone groups is 1. The number of nitrogens with zero attached hydrogens (tertiary/aromatic N) is 4. The summed E-state index contributed by atoms with van der Waals surface area (Å²) in [7, 11) is 3.30. The van der Waals surface area contributed by atoms with Crippen molar-refractivity contribution in [1.29, 1.82) is 0 Å². The Balaban J connectivity index is 1.92. The highest BCUT2D eigenvalue weighted by molar-refractivity contribution is 6.39. The molecule has 0 aromatic heterocycles. The normalized spacial score (nSPS) is 21.3. The lowest BCUT2D eigenvalue weighted by atomic mass is 9.97. The molecule has 1 fully saturated rings. The van der Waals surface area contributed by atoms with Crippen LogP contribution in [0.3, 0.4) is 0 Å². The van der Waals surface area contributed by atoms with Crippen molar-refractivity contribution >= 4 is 23.6 Å². The van der Waals surface area contributed by atoms with Gasteiger partial charge in [0.25, 0.3) is 5.91 Å². The van der Waals surface area contributed by atoms with Crippen molar-refractivity contribution in [3.63, 3.8) is 0 Å². The maximum absolute atomic E-state index is 12.7. The van der Waals surface area contributed by atoms with Crippen LogP contribution < -0.4 is 0 Å². The van der Waals surface area contributed by atoms with Crippen molar-refractivity contribution in [2.75, 3.05) is 33.7 Å². The quantitative estimate of drug-likeness (QED) is 0.761. The highest BCUT2D eigenvalue weighted by Gasteiger charge is 2.31. The van der Waals surface area contributed by atoms with E-state index in [1.54, 1.807) is 23.9 Å². The number of piperidine rings is 1. The zero-order chi connectivity index (χ0) is 19.5. The molecule has 0 aromatic carbocycles. The van der Waals surface area contributed by atoms with Gasteiger partial charge in [0.15, 0.2) is 0 Å². The van der Waals surface area contributed by atoms with Crippen LogP contribution in [0, 0.1) is 5.92 Å². The molecular weight excluding hydrogens is 336 g/mol. The molecule has 1 saturated heterocycles. The van der Waals surface area contributed by atoms with Gasteiger partial charge in [-0.25, -0.2) is 9.80 Å². The molecule has 0 aromatic rings. The van der Waals surface area contributed by atoms with Gasteiger partial charge in [-0.3, -0.25) is 9.59 Å². The van der Waals surface area contributed by atoms with Gasteiger partial charge < -0.3 is 14.5 Å². The number of hydrogen-bond donors (Lipinski definition) is 0. The first-order chi connectivity index (χ1) is 12.1. The Morgan fingerprint density at radius 3 is 2.62 bits per heavy atom. The van der Waals surface area contributed by atoms with Crippen LogP contribution in [0.15, 0.2) is 5.10 Å². The maximum Gasteiger partial charge on any atom is 0.410 e. The van der Waals surface area contributed by atoms with E-state index in [0.717, 1.165) is 12.8 Å². The third-order valence-corrected chi connectivity index (χ3v) is 4.50. The number of carbonyl (C=O) groups excluding carboxylic acids is 3. The molecule has 2 heterocycles. The highest BCUT2D eigenvalue weighted by Crippen LogP contribution is 2.20. The van der Waals surface area contributed by atoms with E-state index in [1.807, 2.05) is 20.8 Å². The molecule has 2 rings (SSSR count). The van der Waals surface area contributed by atoms with Crippen LogP contribution in [0.2, 0.25) is 0 Å². The zero-order valence-electron chi connectivity index (χ0n) is 16.4. The average Bonchev–Trinajstić information content (AvgIpc) is 2.55. The summed E-state index contributed by atoms with van der Waals surface area (Å²) < 4.78 is 5.38. The van der Waals surface area contributed by atoms with Crippen LogP contribution in [0.4, 0.5) is 4.79 Å². The molecule has 0 aliphatic carbocycles. The third kappa shape index (κ3) is 5.44. The second kappa shape index (κ2) is 8.05. The summed E-state index contributed by atoms with van der Waals surface area (Å²) in [5.41, 5.74) is -0.0871. The number of hydrogen-bond acceptors (Lipinski definition) is 5. The van der Waals surface area contributed by atoms with E-state index in [-0.39, 0.29) is 23.8 Å². The van der Waals surface area contributed by atoms with Gasteiger partial charge >= 0.3 is 6.09 Å². The first-order valence-corrected chi connectivity index (χ1v) is 9.14. The molecular formula is C18H30N4O4. The molecule has 2 aliphatic rings. The van der Waals surface area contributed by atoms with Gasteiger partial charge in [-0.15, -0.1) is 0 Å². The largest absolute Gasteiger partial charge is 0.444 e. The van der Waals surface area contributed by atoms with E-state index in [2.05, 4.69) is 5.10 Å². The fraction of sp³-hybridized carbons (Fsp3) is 0.778. The minimum Gasteiger partial charge on any atom is -0.444 e. The molecule has 3 amide bonds. The molecule has 0 radical (unpaired) electrons. The Kier molecular flexibility index (Phi) is 6.26. The first kappa shape index (κ1) is 20.2. The molecule has 0 saturated carbocycles. The highest BCUT2D eigenvalue weighted by atomic mass is 16.6. The van der Waals surface area contributed by atoms with Crippen LogP contribution >= 0.6 is 0 Å². The van der Waals surface area contributed by atoms with E-state index in [0.29, 0.717) is 38.2 Å². The van der Waals surface area contributed by atoms with Crippen LogP contribution in [-0.4, -0.2) is 77.8 Å². The Hall–Kier alpha value is -2.12. The van der Waals surface area contributed by atoms with Gasteiger partial charge in [-0.2, -0.15) is 5.10 Å². The van der Waals surface area contributed by atoms with Crippen molar-refractivity contribution in [2.24, 2.45) is 11.0 Å². The van der Waals surface area contributed by atoms with E-state index >= 15 is 0 Å². The zero-order valence-corrected chi connectivity index (χ0v) is 16.4. The summed E-state index contributed by atoms with van der Waals surface area (Å²) in [5, 5.41) is 5.36. The number of rotatable bonds is 3. The molecule has 8 heteroatoms. The van der Waals surface area contributed by atoms with Gasteiger partial charge in [0.1, 0.15) is 11.3 Å². The SMILES string of the molecule is CN(CC1CCCN(C(=O)C2=NN(C)C(=O)CC2)C1)C(=O)OC(C)(C)C. The molecule has 0 N–H and O–H groups in total. The van der Waals surface area contributed by atoms with Gasteiger partial charge in [-0.1, -0.05) is 0 Å². The lowest BCUT2D eigenvalue weighted by Crippen LogP contribution is -2.48. The molecule has 1 atom stereocenters. The average molecular weight is 366 g/mol. The standard InChI is InChI=1S/C18H30N4O4/c1-18(2,3)26-17(25)20(4)11-13-7-6-10-22(12-13)16(24)14-8-9-15(23)21(5)19-14/h13H,6-12H2,1-5H3. The molecule has 2 aliphatic heterocycles. The lowest BCUT2D eigenvalue weighted by Gasteiger charge is -2.35. The van der Waals surface area contributed by atoms with Crippen molar-refractivity contribution in [1.82, 2.24) is 14.8 Å². The minimum atomic E-state index is -0.525. The van der Waals surface area contributed by atoms with Gasteiger partial charge in [-0.05, 0) is 39.5 Å². The van der Waals surface area contributed by atoms with Crippen LogP contribution in [-0.2, 0) is 14.3 Å². The van der Waals surface area contributed by atoms with E-state index < -0.39 is 5.60 Å². The fourth-order valence-electron chi connectivity index (χ4n) is 3.21. The number of ether oxygens (including phenoxy) is 1. The molecule has 26 heavy (non-hydrogen) atoms. The molecule has 1 unspecified atom stereocenters. The number of likely N-dealkylation sites (tertiary alicyclic amines) is 1. The predicted molar refractivity (Wildman–Crippen MR) is 97.6 cm³/mol. The second-order valence-corrected chi connectivity index (χ2v) is 8.08. The molecule has 0 spiro atoms. The Bertz CT molecular complexity index is 596. The fourth-order valence-corrected chi connectivity index (χ4v) is 3.21. The summed E-state index contributed by atoms with van der Waals surface area (Å²) in [4.78, 5) is 39.7. The summed E-state index contributed by atoms with van der Waals surface area (Å²) in [5.74, 6) is 0.0276. The summed E-state index contributed by atoms with van der Waals surface area (Å²) >= 11 is 0. The van der Waals surface area contributed by atoms with Crippen LogP contribution in [0.25, 0.3) is 0 Å². The van der Waals surface area contributed by atoms with Crippen molar-refractivity contribution < 1.29 is 19.1 Å². The summed E-state index contributed by atoms with van der Waals surface area (Å²) in [6, 6.07) is 0. The molecule has 0 bridgehead atoms. The number of carbonyl (C=O) groups is 3. The van der Waals surface area contributed by atoms with Crippen molar-refractivity contribution in [3.05, 3.63) is 0 Å². The molecule has 146 valence electrons. The van der Waals surface area contributed by atoms with E-state index in [1.165, 1.54) is 5.01 Å². The summed E-state index contributed by atoms with van der Waals surface area (Å²) in [6.45, 7) is 7.33. The monoisotopic (exact) mass is 366 g/mol. The lowest BCUT2D eigenvalue weighted by molar-refractivity contribution is -0.131. The van der Waals surface area contributed by atoms with Crippen molar-refractivity contribution in [3.8, 4) is 0 Å². The second-order valence-electron chi connectivity index (χ2n) is 8.08. The predicted octanol–water partition coefficient (Wildman–Crippen LogP) is 1.70. The van der Waals surface area contributed by atoms with Gasteiger partial charge in [0.2, 0.25) is 5.91 Å². The Morgan fingerprint density at radius 1 is 1.31 bits per heavy atom. The van der Waals surface area contributed by atoms with Gasteiger partial charge in [0.05, 0.1) is 0 Å². The van der Waals surface area contributed by atoms with Crippen molar-refractivity contribution in [2.45, 2.75) is 52.1 Å². The Labute approximate surface area is 155 Å². The number of amides is 3. The molecule has 8 nitrogen and oxygen atoms in total. The smallest absolute Gasteiger partial charge is 0.410 e. The minimum absolute atomic E-state index is 0.0722. The summed E-state index contributed by atoms with van der Waals surface area (Å²) in [6.07, 6.45) is 2.21. The van der Waals surface area contributed by atoms with E-state index in [9.17, 15) is 14.4 Å². The van der Waals surface area contributed by atoms with Gasteiger partial charge in [0, 0.05) is 46.6 Å². The van der Waals surface area contributed by atoms with Crippen LogP contribution in [0.1, 0.15) is 46.5 Å². The third-order valence-electron chi connectivity index (χ3n) is 4.50. The van der Waals surface area contributed by atoms with Crippen LogP contribution in [0.5, 0.6) is 0 Å². The Morgan fingerprint density at radius 2 is 2.00 bits per heavy atom. The topological polar surface area (TPSA) is 82.5 Å². The van der Waals surface area contributed by atoms with E-state index in [4.69, 9.17) is 4.74 Å².